The Balaban J connectivity index is -0.000000554. The zero-order valence-corrected chi connectivity index (χ0v) is 56.1. The van der Waals surface area contributed by atoms with Crippen LogP contribution in [0.2, 0.25) is 5.82 Å². The first-order valence-electron chi connectivity index (χ1n) is 27.1. The van der Waals surface area contributed by atoms with Crippen molar-refractivity contribution in [2.45, 2.75) is 235 Å². The quantitative estimate of drug-likeness (QED) is 0.113. The molecule has 0 aliphatic heterocycles. The van der Waals surface area contributed by atoms with E-state index < -0.39 is 0 Å². The van der Waals surface area contributed by atoms with Gasteiger partial charge in [-0.3, -0.25) is 0 Å². The summed E-state index contributed by atoms with van der Waals surface area (Å²) in [5.74, 6) is 12.3. The van der Waals surface area contributed by atoms with Crippen molar-refractivity contribution in [2.24, 2.45) is 76.9 Å². The van der Waals surface area contributed by atoms with E-state index in [0.29, 0.717) is 11.7 Å². The first kappa shape index (κ1) is 74.5. The van der Waals surface area contributed by atoms with Gasteiger partial charge in [-0.15, -0.1) is 5.92 Å². The summed E-state index contributed by atoms with van der Waals surface area (Å²) in [4.78, 5) is 0. The van der Waals surface area contributed by atoms with Gasteiger partial charge in [0.25, 0.3) is 0 Å². The molecule has 13 atom stereocenters. The Labute approximate surface area is 474 Å². The predicted molar refractivity (Wildman–Crippen MR) is 306 cm³/mol. The smallest absolute Gasteiger partial charge is 2.00 e. The molecule has 1 aromatic rings. The summed E-state index contributed by atoms with van der Waals surface area (Å²) in [6, 6.07) is 10.9. The fourth-order valence-corrected chi connectivity index (χ4v) is 13.8. The van der Waals surface area contributed by atoms with Gasteiger partial charge in [-0.25, -0.2) is 0 Å². The summed E-state index contributed by atoms with van der Waals surface area (Å²) < 4.78 is 0. The van der Waals surface area contributed by atoms with E-state index in [1.807, 2.05) is 0 Å². The van der Waals surface area contributed by atoms with Crippen LogP contribution < -0.4 is 0 Å². The van der Waals surface area contributed by atoms with Crippen molar-refractivity contribution in [2.75, 3.05) is 0 Å². The number of benzene rings is 1. The van der Waals surface area contributed by atoms with E-state index in [2.05, 4.69) is 121 Å². The van der Waals surface area contributed by atoms with Crippen LogP contribution in [0.1, 0.15) is 228 Å². The molecule has 379 valence electrons. The SMILES string of the molecule is S.S=S.[B]C1C(CCC)C2CCCCC3C(C)C(CCC(CCC)CCCCC(CCC)CCC12)C3CCC.[CH2-]C.[CH2-]C1[CH-]C(Cc2ccccc2)C1CCC(CCC)CCC.[CH3-].[Mn+2].[SnH2].[Zn+2]. The van der Waals surface area contributed by atoms with Gasteiger partial charge < -0.3 is 33.6 Å². The average Bonchev–Trinajstić information content (AvgIpc) is 3.27. The van der Waals surface area contributed by atoms with E-state index in [1.165, 1.54) is 179 Å². The largest absolute Gasteiger partial charge is 2.00 e. The minimum atomic E-state index is 0. The van der Waals surface area contributed by atoms with Gasteiger partial charge in [0.05, 0.1) is 7.85 Å². The second-order valence-corrected chi connectivity index (χ2v) is 20.9. The molecule has 5 aliphatic rings. The molecule has 0 heterocycles. The van der Waals surface area contributed by atoms with Gasteiger partial charge in [-0.05, 0) is 78.4 Å². The molecule has 5 saturated carbocycles. The zero-order valence-electron chi connectivity index (χ0n) is 45.2. The van der Waals surface area contributed by atoms with Crippen LogP contribution in [0.25, 0.3) is 0 Å². The van der Waals surface area contributed by atoms with Crippen LogP contribution in [-0.2, 0) is 65.3 Å². The molecule has 1 aromatic carbocycles. The van der Waals surface area contributed by atoms with Crippen molar-refractivity contribution < 1.29 is 36.5 Å². The summed E-state index contributed by atoms with van der Waals surface area (Å²) in [6.45, 7) is 26.2. The third kappa shape index (κ3) is 25.3. The van der Waals surface area contributed by atoms with Gasteiger partial charge in [0.15, 0.2) is 0 Å². The van der Waals surface area contributed by atoms with Gasteiger partial charge in [0, 0.05) is 22.4 Å². The van der Waals surface area contributed by atoms with Crippen molar-refractivity contribution in [3.63, 3.8) is 0 Å². The molecule has 6 rings (SSSR count). The molecule has 0 aromatic heterocycles. The number of hydrogen-bond acceptors (Lipinski definition) is 2. The van der Waals surface area contributed by atoms with E-state index in [0.717, 1.165) is 71.0 Å². The molecule has 0 saturated heterocycles. The van der Waals surface area contributed by atoms with Crippen LogP contribution in [0.4, 0.5) is 0 Å². The third-order valence-electron chi connectivity index (χ3n) is 17.0. The predicted octanol–water partition coefficient (Wildman–Crippen LogP) is 18.0. The summed E-state index contributed by atoms with van der Waals surface area (Å²) in [5, 5.41) is 0. The molecule has 2 bridgehead atoms. The summed E-state index contributed by atoms with van der Waals surface area (Å²) in [6.07, 6.45) is 41.1. The van der Waals surface area contributed by atoms with Crippen LogP contribution in [-0.4, -0.2) is 31.8 Å². The fraction of sp³-hybridized carbons (Fsp3) is 0.831. The average molecular weight is 1160 g/mol. The first-order chi connectivity index (χ1) is 29.8. The Morgan fingerprint density at radius 1 is 0.606 bits per heavy atom. The van der Waals surface area contributed by atoms with E-state index >= 15 is 0 Å². The molecular weight excluding hydrogens is 1050 g/mol. The summed E-state index contributed by atoms with van der Waals surface area (Å²) in [5.41, 5.74) is 1.48. The number of fused-ring (bicyclic) bond motifs is 12. The molecule has 5 fully saturated rings. The molecule has 0 spiro atoms. The molecule has 0 nitrogen and oxygen atoms in total. The van der Waals surface area contributed by atoms with Crippen LogP contribution in [0, 0.1) is 105 Å². The second-order valence-electron chi connectivity index (χ2n) is 20.9. The van der Waals surface area contributed by atoms with E-state index in [1.54, 1.807) is 6.92 Å². The minimum Gasteiger partial charge on any atom is 2.00 e. The molecule has 0 amide bonds. The van der Waals surface area contributed by atoms with Gasteiger partial charge in [-0.2, -0.15) is 26.3 Å². The molecule has 13 unspecified atom stereocenters. The zero-order chi connectivity index (χ0) is 45.0. The normalized spacial score (nSPS) is 30.6. The molecule has 7 heteroatoms. The van der Waals surface area contributed by atoms with E-state index in [4.69, 9.17) is 7.85 Å². The van der Waals surface area contributed by atoms with Crippen molar-refractivity contribution in [1.29, 1.82) is 0 Å². The Hall–Kier alpha value is 2.02. The number of hydrogen-bond donors (Lipinski definition) is 0. The van der Waals surface area contributed by atoms with Gasteiger partial charge in [-0.1, -0.05) is 244 Å². The van der Waals surface area contributed by atoms with Crippen LogP contribution in [0.5, 0.6) is 0 Å². The molecule has 5 radical (unpaired) electrons. The monoisotopic (exact) mass is 1160 g/mol. The molecular formula is C59H109BMnS3SnZn. The van der Waals surface area contributed by atoms with Crippen LogP contribution in [0.15, 0.2) is 30.3 Å². The Morgan fingerprint density at radius 3 is 1.55 bits per heavy atom. The third-order valence-corrected chi connectivity index (χ3v) is 17.0. The van der Waals surface area contributed by atoms with E-state index in [-0.39, 0.29) is 81.4 Å². The number of rotatable bonds is 17. The van der Waals surface area contributed by atoms with E-state index in [9.17, 15) is 0 Å². The molecule has 5 aliphatic carbocycles. The summed E-state index contributed by atoms with van der Waals surface area (Å²) >= 11 is 7.33. The van der Waals surface area contributed by atoms with Crippen molar-refractivity contribution in [1.82, 2.24) is 0 Å². The van der Waals surface area contributed by atoms with Crippen LogP contribution in [0.3, 0.4) is 0 Å². The minimum absolute atomic E-state index is 0. The molecule has 66 heavy (non-hydrogen) atoms. The second kappa shape index (κ2) is 45.6. The maximum Gasteiger partial charge on any atom is 2.00 e. The van der Waals surface area contributed by atoms with Gasteiger partial charge >= 0.3 is 60.5 Å². The fourth-order valence-electron chi connectivity index (χ4n) is 13.8. The standard InChI is InChI=1S/C35H65B.C21H32.C2H5.CH3.Mn.S2.H2S.Sn.Zn.2H/c1-6-14-27-18-10-11-19-28(15-7-2)23-25-34-32(33(17-9-4)35(34)36)21-13-12-20-29-26(5)30(24-22-27)31(29)16-8-3;1-4-9-18(10-5-2)13-14-21-17(3)15-20(21)16-19-11-7-6-8-12-19;1-2;;;1-2;;;;;/h26-35H,6-25H2,1-5H3;6-8,11-12,15,17-18,20-21H,3-5,9-10,13-14,16H2,1-2H3;1H2,2H3;1H3;;;1H2;;;;/q;-2;2*-1;+2;;;;+2;;. The first-order valence-corrected chi connectivity index (χ1v) is 28.5. The van der Waals surface area contributed by atoms with Crippen molar-refractivity contribution in [3.05, 3.63) is 63.6 Å². The van der Waals surface area contributed by atoms with Crippen molar-refractivity contribution >= 4 is 67.6 Å². The Bertz CT molecular complexity index is 1180. The Morgan fingerprint density at radius 2 is 1.06 bits per heavy atom. The summed E-state index contributed by atoms with van der Waals surface area (Å²) in [7, 11) is 6.86. The van der Waals surface area contributed by atoms with Gasteiger partial charge in [0.1, 0.15) is 0 Å². The topological polar surface area (TPSA) is 0 Å². The Kier molecular flexibility index (Phi) is 51.5. The maximum atomic E-state index is 6.86. The molecule has 0 N–H and O–H groups in total. The maximum absolute atomic E-state index is 6.86. The van der Waals surface area contributed by atoms with Crippen LogP contribution >= 0.6 is 13.5 Å². The van der Waals surface area contributed by atoms with Crippen molar-refractivity contribution in [3.8, 4) is 0 Å². The van der Waals surface area contributed by atoms with Gasteiger partial charge in [0.2, 0.25) is 0 Å².